The molecule has 2 unspecified atom stereocenters. The van der Waals surface area contributed by atoms with Gasteiger partial charge in [0, 0.05) is 38.4 Å². The first kappa shape index (κ1) is 18.3. The van der Waals surface area contributed by atoms with Gasteiger partial charge in [-0.3, -0.25) is 9.13 Å². The van der Waals surface area contributed by atoms with E-state index in [4.69, 9.17) is 4.98 Å². The molecule has 6 nitrogen and oxygen atoms in total. The van der Waals surface area contributed by atoms with Gasteiger partial charge in [0.05, 0.1) is 11.6 Å². The average Bonchev–Trinajstić information content (AvgIpc) is 3.37. The van der Waals surface area contributed by atoms with Gasteiger partial charge in [0.25, 0.3) is 0 Å². The van der Waals surface area contributed by atoms with Crippen LogP contribution in [-0.4, -0.2) is 39.3 Å². The highest BCUT2D eigenvalue weighted by atomic mass is 16.1. The number of imidazole rings is 1. The van der Waals surface area contributed by atoms with E-state index in [1.165, 1.54) is 12.1 Å². The first-order valence-electron chi connectivity index (χ1n) is 10.5. The summed E-state index contributed by atoms with van der Waals surface area (Å²) in [6.45, 7) is 9.15. The van der Waals surface area contributed by atoms with Gasteiger partial charge in [0.15, 0.2) is 5.65 Å². The van der Waals surface area contributed by atoms with Gasteiger partial charge in [-0.2, -0.15) is 0 Å². The number of fused-ring (bicyclic) bond motifs is 3. The molecule has 6 heteroatoms. The van der Waals surface area contributed by atoms with Crippen molar-refractivity contribution in [2.24, 2.45) is 12.5 Å². The third-order valence-corrected chi connectivity index (χ3v) is 6.22. The van der Waals surface area contributed by atoms with Crippen LogP contribution >= 0.6 is 0 Å². The van der Waals surface area contributed by atoms with Crippen molar-refractivity contribution in [1.82, 2.24) is 14.1 Å². The summed E-state index contributed by atoms with van der Waals surface area (Å²) in [4.78, 5) is 22.7. The molecule has 0 amide bonds. The predicted octanol–water partition coefficient (Wildman–Crippen LogP) is 3.25. The molecule has 1 aromatic carbocycles. The van der Waals surface area contributed by atoms with Crippen molar-refractivity contribution >= 4 is 22.7 Å². The van der Waals surface area contributed by atoms with Crippen molar-refractivity contribution in [2.45, 2.75) is 45.8 Å². The summed E-state index contributed by atoms with van der Waals surface area (Å²) in [6, 6.07) is 15.8. The second kappa shape index (κ2) is 6.37. The molecule has 0 spiro atoms. The van der Waals surface area contributed by atoms with Crippen LogP contribution in [0.5, 0.6) is 0 Å². The number of hydrogen-bond acceptors (Lipinski definition) is 4. The van der Waals surface area contributed by atoms with Crippen LogP contribution in [0, 0.1) is 5.41 Å². The Morgan fingerprint density at radius 2 is 1.69 bits per heavy atom. The summed E-state index contributed by atoms with van der Waals surface area (Å²) in [6.07, 6.45) is 1.17. The zero-order valence-corrected chi connectivity index (χ0v) is 17.7. The number of aryl methyl sites for hydroxylation is 1. The minimum atomic E-state index is 0.0118. The Morgan fingerprint density at radius 1 is 1.00 bits per heavy atom. The van der Waals surface area contributed by atoms with Crippen LogP contribution < -0.4 is 15.5 Å². The molecule has 2 aliphatic rings. The predicted molar refractivity (Wildman–Crippen MR) is 118 cm³/mol. The van der Waals surface area contributed by atoms with Crippen LogP contribution in [0.4, 0.5) is 11.5 Å². The van der Waals surface area contributed by atoms with Gasteiger partial charge < -0.3 is 9.80 Å². The number of piperazine rings is 1. The Hall–Kier alpha value is -2.76. The second-order valence-electron chi connectivity index (χ2n) is 9.68. The molecule has 0 N–H and O–H groups in total. The highest BCUT2D eigenvalue weighted by molar-refractivity contribution is 5.74. The van der Waals surface area contributed by atoms with Gasteiger partial charge in [0.1, 0.15) is 5.82 Å². The third kappa shape index (κ3) is 3.02. The quantitative estimate of drug-likeness (QED) is 0.688. The van der Waals surface area contributed by atoms with Crippen LogP contribution in [0.25, 0.3) is 11.2 Å². The van der Waals surface area contributed by atoms with Crippen molar-refractivity contribution in [3.05, 3.63) is 52.9 Å². The lowest BCUT2D eigenvalue weighted by atomic mass is 9.97. The smallest absolute Gasteiger partial charge is 0.330 e. The Bertz CT molecular complexity index is 1110. The number of hydrogen-bond donors (Lipinski definition) is 0. The fourth-order valence-electron chi connectivity index (χ4n) is 4.93. The van der Waals surface area contributed by atoms with Crippen molar-refractivity contribution in [2.75, 3.05) is 22.9 Å². The molecule has 2 fully saturated rings. The molecule has 2 aromatic heterocycles. The minimum Gasteiger partial charge on any atom is -0.365 e. The molecule has 2 atom stereocenters. The summed E-state index contributed by atoms with van der Waals surface area (Å²) >= 11 is 0. The van der Waals surface area contributed by atoms with Crippen molar-refractivity contribution < 1.29 is 0 Å². The molecule has 4 heterocycles. The molecule has 152 valence electrons. The van der Waals surface area contributed by atoms with Gasteiger partial charge in [-0.05, 0) is 36.1 Å². The Balaban J connectivity index is 1.44. The normalized spacial score (nSPS) is 21.5. The fourth-order valence-corrected chi connectivity index (χ4v) is 4.93. The van der Waals surface area contributed by atoms with Gasteiger partial charge in [-0.25, -0.2) is 9.78 Å². The number of nitrogens with zero attached hydrogens (tertiary/aromatic N) is 5. The molecule has 0 aliphatic carbocycles. The number of anilines is 2. The van der Waals surface area contributed by atoms with Crippen molar-refractivity contribution in [3.63, 3.8) is 0 Å². The first-order chi connectivity index (χ1) is 13.8. The number of pyridine rings is 1. The number of aromatic nitrogens is 3. The maximum atomic E-state index is 12.8. The number of benzene rings is 1. The summed E-state index contributed by atoms with van der Waals surface area (Å²) in [7, 11) is 1.83. The van der Waals surface area contributed by atoms with Gasteiger partial charge in [0.2, 0.25) is 0 Å². The zero-order chi connectivity index (χ0) is 20.3. The number of para-hydroxylation sites is 1. The van der Waals surface area contributed by atoms with Crippen LogP contribution in [-0.2, 0) is 13.6 Å². The van der Waals surface area contributed by atoms with Crippen molar-refractivity contribution in [1.29, 1.82) is 0 Å². The molecule has 5 rings (SSSR count). The lowest BCUT2D eigenvalue weighted by Gasteiger charge is -2.36. The lowest BCUT2D eigenvalue weighted by molar-refractivity contribution is 0.342. The highest BCUT2D eigenvalue weighted by Crippen LogP contribution is 2.37. The van der Waals surface area contributed by atoms with E-state index in [0.29, 0.717) is 18.6 Å². The largest absolute Gasteiger partial charge is 0.365 e. The summed E-state index contributed by atoms with van der Waals surface area (Å²) in [5, 5.41) is 0. The second-order valence-corrected chi connectivity index (χ2v) is 9.68. The van der Waals surface area contributed by atoms with Crippen LogP contribution in [0.1, 0.15) is 27.2 Å². The molecular formula is C23H29N5O. The van der Waals surface area contributed by atoms with E-state index in [2.05, 4.69) is 73.0 Å². The fraction of sp³-hybridized carbons (Fsp3) is 0.478. The van der Waals surface area contributed by atoms with E-state index in [0.717, 1.165) is 30.1 Å². The molecule has 3 aromatic rings. The average molecular weight is 392 g/mol. The third-order valence-electron chi connectivity index (χ3n) is 6.22. The highest BCUT2D eigenvalue weighted by Gasteiger charge is 2.43. The first-order valence-corrected chi connectivity index (χ1v) is 10.5. The maximum Gasteiger partial charge on any atom is 0.330 e. The maximum absolute atomic E-state index is 12.8. The SMILES string of the molecule is Cn1c(=O)n(CC(C)(C)C)c2ccc(N3CC4CC3CN4c3ccccc3)nc21. The molecule has 2 bridgehead atoms. The molecule has 29 heavy (non-hydrogen) atoms. The molecular weight excluding hydrogens is 362 g/mol. The number of rotatable bonds is 3. The summed E-state index contributed by atoms with van der Waals surface area (Å²) in [5.41, 5.74) is 3.06. The van der Waals surface area contributed by atoms with Gasteiger partial charge in [-0.15, -0.1) is 0 Å². The van der Waals surface area contributed by atoms with Crippen LogP contribution in [0.2, 0.25) is 0 Å². The Morgan fingerprint density at radius 3 is 2.34 bits per heavy atom. The molecule has 2 saturated heterocycles. The molecule has 2 aliphatic heterocycles. The topological polar surface area (TPSA) is 46.3 Å². The monoisotopic (exact) mass is 391 g/mol. The standard InChI is InChI=1S/C23H29N5O/c1-23(2,3)15-28-19-10-11-20(24-21(19)25(4)22(28)29)27-14-17-12-18(27)13-26(17)16-8-6-5-7-9-16/h5-11,17-18H,12-15H2,1-4H3. The lowest BCUT2D eigenvalue weighted by Crippen LogP contribution is -2.46. The Kier molecular flexibility index (Phi) is 4.02. The van der Waals surface area contributed by atoms with Crippen LogP contribution in [0.15, 0.2) is 47.3 Å². The van der Waals surface area contributed by atoms with E-state index >= 15 is 0 Å². The van der Waals surface area contributed by atoms with E-state index in [9.17, 15) is 4.79 Å². The zero-order valence-electron chi connectivity index (χ0n) is 17.7. The van der Waals surface area contributed by atoms with E-state index in [1.54, 1.807) is 4.57 Å². The van der Waals surface area contributed by atoms with Crippen LogP contribution in [0.3, 0.4) is 0 Å². The van der Waals surface area contributed by atoms with E-state index in [-0.39, 0.29) is 11.1 Å². The van der Waals surface area contributed by atoms with E-state index < -0.39 is 0 Å². The molecule has 0 radical (unpaired) electrons. The van der Waals surface area contributed by atoms with Gasteiger partial charge in [-0.1, -0.05) is 39.0 Å². The van der Waals surface area contributed by atoms with Gasteiger partial charge >= 0.3 is 5.69 Å². The van der Waals surface area contributed by atoms with E-state index in [1.807, 2.05) is 11.6 Å². The summed E-state index contributed by atoms with van der Waals surface area (Å²) in [5.74, 6) is 0.987. The minimum absolute atomic E-state index is 0.0118. The van der Waals surface area contributed by atoms with Crippen molar-refractivity contribution in [3.8, 4) is 0 Å². The Labute approximate surface area is 171 Å². The summed E-state index contributed by atoms with van der Waals surface area (Å²) < 4.78 is 3.55. The molecule has 0 saturated carbocycles.